The van der Waals surface area contributed by atoms with Gasteiger partial charge in [-0.15, -0.1) is 0 Å². The van der Waals surface area contributed by atoms with E-state index in [-0.39, 0.29) is 5.56 Å². The predicted molar refractivity (Wildman–Crippen MR) is 128 cm³/mol. The van der Waals surface area contributed by atoms with E-state index < -0.39 is 0 Å². The second kappa shape index (κ2) is 8.07. The molecule has 0 saturated heterocycles. The van der Waals surface area contributed by atoms with Crippen molar-refractivity contribution in [3.05, 3.63) is 95.3 Å². The molecule has 32 heavy (non-hydrogen) atoms. The van der Waals surface area contributed by atoms with Crippen molar-refractivity contribution < 1.29 is 4.74 Å². The summed E-state index contributed by atoms with van der Waals surface area (Å²) in [6, 6.07) is 27.4. The molecule has 0 unspecified atom stereocenters. The summed E-state index contributed by atoms with van der Waals surface area (Å²) >= 11 is 0. The Morgan fingerprint density at radius 3 is 2.00 bits per heavy atom. The van der Waals surface area contributed by atoms with Gasteiger partial charge in [-0.05, 0) is 23.3 Å². The third-order valence-electron chi connectivity index (χ3n) is 5.52. The Morgan fingerprint density at radius 1 is 0.812 bits per heavy atom. The minimum Gasteiger partial charge on any atom is -0.497 e. The fourth-order valence-electron chi connectivity index (χ4n) is 3.96. The number of fused-ring (bicyclic) bond motifs is 1. The van der Waals surface area contributed by atoms with E-state index in [1.807, 2.05) is 84.9 Å². The summed E-state index contributed by atoms with van der Waals surface area (Å²) in [5, 5.41) is 6.43. The molecule has 0 fully saturated rings. The van der Waals surface area contributed by atoms with Crippen molar-refractivity contribution in [3.63, 3.8) is 0 Å². The van der Waals surface area contributed by atoms with Crippen molar-refractivity contribution in [1.29, 1.82) is 0 Å². The highest BCUT2D eigenvalue weighted by Gasteiger charge is 2.22. The number of aromatic nitrogens is 3. The van der Waals surface area contributed by atoms with Crippen LogP contribution in [0.15, 0.2) is 89.7 Å². The highest BCUT2D eigenvalue weighted by molar-refractivity contribution is 5.92. The molecule has 2 N–H and O–H groups in total. The molecule has 0 bridgehead atoms. The second-order valence-corrected chi connectivity index (χ2v) is 7.37. The molecular formula is C26H22N4O2. The van der Waals surface area contributed by atoms with Gasteiger partial charge in [0.2, 0.25) is 0 Å². The van der Waals surface area contributed by atoms with Gasteiger partial charge in [0.25, 0.3) is 5.56 Å². The van der Waals surface area contributed by atoms with Gasteiger partial charge in [0.05, 0.1) is 23.9 Å². The van der Waals surface area contributed by atoms with E-state index in [1.54, 1.807) is 14.2 Å². The molecule has 0 amide bonds. The number of aromatic amines is 1. The first-order chi connectivity index (χ1) is 15.7. The highest BCUT2D eigenvalue weighted by atomic mass is 16.5. The molecule has 3 aromatic carbocycles. The van der Waals surface area contributed by atoms with Crippen LogP contribution in [0.5, 0.6) is 5.75 Å². The van der Waals surface area contributed by atoms with E-state index in [1.165, 1.54) is 4.52 Å². The van der Waals surface area contributed by atoms with Crippen LogP contribution in [0.4, 0.5) is 5.82 Å². The van der Waals surface area contributed by atoms with E-state index in [0.29, 0.717) is 17.0 Å². The van der Waals surface area contributed by atoms with Crippen LogP contribution in [-0.4, -0.2) is 28.8 Å². The highest BCUT2D eigenvalue weighted by Crippen LogP contribution is 2.35. The molecular weight excluding hydrogens is 400 g/mol. The fourth-order valence-corrected chi connectivity index (χ4v) is 3.96. The second-order valence-electron chi connectivity index (χ2n) is 7.37. The van der Waals surface area contributed by atoms with Crippen LogP contribution in [0.2, 0.25) is 0 Å². The number of benzene rings is 3. The Morgan fingerprint density at radius 2 is 1.41 bits per heavy atom. The number of rotatable bonds is 5. The van der Waals surface area contributed by atoms with Crippen LogP contribution < -0.4 is 15.6 Å². The van der Waals surface area contributed by atoms with Gasteiger partial charge in [-0.25, -0.2) is 4.98 Å². The third kappa shape index (κ3) is 3.22. The van der Waals surface area contributed by atoms with Gasteiger partial charge in [0.15, 0.2) is 5.65 Å². The smallest absolute Gasteiger partial charge is 0.282 e. The lowest BCUT2D eigenvalue weighted by molar-refractivity contribution is 0.415. The zero-order valence-corrected chi connectivity index (χ0v) is 17.8. The van der Waals surface area contributed by atoms with Gasteiger partial charge < -0.3 is 10.1 Å². The van der Waals surface area contributed by atoms with Crippen molar-refractivity contribution >= 4 is 11.5 Å². The number of nitrogens with zero attached hydrogens (tertiary/aromatic N) is 2. The fraction of sp³-hybridized carbons (Fsp3) is 0.0769. The molecule has 0 aliphatic heterocycles. The number of hydrogen-bond donors (Lipinski definition) is 2. The van der Waals surface area contributed by atoms with E-state index in [2.05, 4.69) is 10.4 Å². The molecule has 6 heteroatoms. The lowest BCUT2D eigenvalue weighted by Crippen LogP contribution is -2.19. The van der Waals surface area contributed by atoms with Crippen LogP contribution in [0.1, 0.15) is 0 Å². The lowest BCUT2D eigenvalue weighted by Gasteiger charge is -2.10. The Kier molecular flexibility index (Phi) is 4.95. The van der Waals surface area contributed by atoms with Gasteiger partial charge in [-0.3, -0.25) is 9.89 Å². The van der Waals surface area contributed by atoms with Crippen LogP contribution in [0.3, 0.4) is 0 Å². The maximum Gasteiger partial charge on any atom is 0.282 e. The Bertz CT molecular complexity index is 1440. The Labute approximate surface area is 185 Å². The summed E-state index contributed by atoms with van der Waals surface area (Å²) < 4.78 is 6.79. The van der Waals surface area contributed by atoms with Crippen LogP contribution >= 0.6 is 0 Å². The number of hydrogen-bond acceptors (Lipinski definition) is 4. The van der Waals surface area contributed by atoms with Crippen LogP contribution in [-0.2, 0) is 0 Å². The number of methoxy groups -OCH3 is 1. The van der Waals surface area contributed by atoms with E-state index in [4.69, 9.17) is 9.72 Å². The van der Waals surface area contributed by atoms with Crippen LogP contribution in [0.25, 0.3) is 39.2 Å². The lowest BCUT2D eigenvalue weighted by atomic mass is 10.0. The van der Waals surface area contributed by atoms with Gasteiger partial charge in [0.1, 0.15) is 11.6 Å². The molecule has 0 aliphatic carbocycles. The maximum absolute atomic E-state index is 13.7. The molecule has 5 aromatic rings. The maximum atomic E-state index is 13.7. The molecule has 5 rings (SSSR count). The summed E-state index contributed by atoms with van der Waals surface area (Å²) in [7, 11) is 3.39. The molecule has 0 radical (unpaired) electrons. The van der Waals surface area contributed by atoms with Crippen molar-refractivity contribution in [2.75, 3.05) is 19.5 Å². The zero-order valence-electron chi connectivity index (χ0n) is 17.8. The number of H-pyrrole nitrogens is 1. The molecule has 0 aliphatic rings. The van der Waals surface area contributed by atoms with Gasteiger partial charge >= 0.3 is 0 Å². The molecule has 0 atom stereocenters. The van der Waals surface area contributed by atoms with E-state index in [9.17, 15) is 4.79 Å². The SMILES string of the molecule is CNc1nc2c(-c3ccccc3)c(-c3ccccc3)[nH]n2c(=O)c1-c1ccc(OC)cc1. The molecule has 0 saturated carbocycles. The topological polar surface area (TPSA) is 71.4 Å². The summed E-state index contributed by atoms with van der Waals surface area (Å²) in [5.74, 6) is 1.25. The third-order valence-corrected chi connectivity index (χ3v) is 5.52. The molecule has 0 spiro atoms. The van der Waals surface area contributed by atoms with Crippen molar-refractivity contribution in [1.82, 2.24) is 14.6 Å². The first-order valence-corrected chi connectivity index (χ1v) is 10.3. The average molecular weight is 422 g/mol. The first kappa shape index (κ1) is 19.6. The largest absolute Gasteiger partial charge is 0.497 e. The molecule has 2 aromatic heterocycles. The average Bonchev–Trinajstić information content (AvgIpc) is 3.25. The monoisotopic (exact) mass is 422 g/mol. The van der Waals surface area contributed by atoms with Gasteiger partial charge in [-0.1, -0.05) is 72.8 Å². The minimum atomic E-state index is -0.177. The van der Waals surface area contributed by atoms with E-state index >= 15 is 0 Å². The number of ether oxygens (including phenoxy) is 1. The summed E-state index contributed by atoms with van der Waals surface area (Å²) in [4.78, 5) is 18.6. The van der Waals surface area contributed by atoms with Gasteiger partial charge in [0, 0.05) is 12.6 Å². The van der Waals surface area contributed by atoms with E-state index in [0.717, 1.165) is 33.7 Å². The number of nitrogens with one attached hydrogen (secondary N) is 2. The van der Waals surface area contributed by atoms with Gasteiger partial charge in [-0.2, -0.15) is 4.52 Å². The first-order valence-electron chi connectivity index (χ1n) is 10.3. The Balaban J connectivity index is 1.84. The quantitative estimate of drug-likeness (QED) is 0.415. The summed E-state index contributed by atoms with van der Waals surface area (Å²) in [6.07, 6.45) is 0. The number of anilines is 1. The summed E-state index contributed by atoms with van der Waals surface area (Å²) in [5.41, 5.74) is 5.34. The Hall–Kier alpha value is -4.32. The van der Waals surface area contributed by atoms with Crippen molar-refractivity contribution in [2.24, 2.45) is 0 Å². The predicted octanol–water partition coefficient (Wildman–Crippen LogP) is 5.07. The standard InChI is InChI=1S/C26H22N4O2/c1-27-24-22(18-13-15-20(32-2)16-14-18)26(31)30-25(28-24)21(17-9-5-3-6-10-17)23(29-30)19-11-7-4-8-12-19/h3-16,27,29H,1-2H3. The van der Waals surface area contributed by atoms with Crippen molar-refractivity contribution in [2.45, 2.75) is 0 Å². The molecule has 6 nitrogen and oxygen atoms in total. The zero-order chi connectivity index (χ0) is 22.1. The normalized spacial score (nSPS) is 10.9. The molecule has 158 valence electrons. The van der Waals surface area contributed by atoms with Crippen LogP contribution in [0, 0.1) is 0 Å². The minimum absolute atomic E-state index is 0.177. The molecule has 2 heterocycles. The summed E-state index contributed by atoms with van der Waals surface area (Å²) in [6.45, 7) is 0. The van der Waals surface area contributed by atoms with Crippen molar-refractivity contribution in [3.8, 4) is 39.3 Å².